The molecule has 0 atom stereocenters. The molecule has 0 saturated heterocycles. The Morgan fingerprint density at radius 2 is 1.50 bits per heavy atom. The molecule has 0 spiro atoms. The number of nitrogens with zero attached hydrogens (tertiary/aromatic N) is 1. The molecular weight excluding hydrogens is 334 g/mol. The van der Waals surface area contributed by atoms with Gasteiger partial charge in [-0.15, -0.1) is 0 Å². The first-order chi connectivity index (χ1) is 12.6. The molecule has 0 aliphatic heterocycles. The SMILES string of the molecule is Cc1ccc(OCCOCCOc2ccc(C=NNC(N)=O)cc2)cc1. The predicted octanol–water partition coefficient (Wildman–Crippen LogP) is 2.47. The number of urea groups is 1. The number of aryl methyl sites for hydroxylation is 1. The summed E-state index contributed by atoms with van der Waals surface area (Å²) in [5.41, 5.74) is 9.06. The fourth-order valence-corrected chi connectivity index (χ4v) is 1.99. The van der Waals surface area contributed by atoms with E-state index in [-0.39, 0.29) is 0 Å². The Hall–Kier alpha value is -3.06. The van der Waals surface area contributed by atoms with Gasteiger partial charge in [0, 0.05) is 0 Å². The fourth-order valence-electron chi connectivity index (χ4n) is 1.99. The molecule has 0 aliphatic rings. The number of carbonyl (C=O) groups is 1. The van der Waals surface area contributed by atoms with Crippen LogP contribution >= 0.6 is 0 Å². The highest BCUT2D eigenvalue weighted by Gasteiger charge is 1.96. The third kappa shape index (κ3) is 7.67. The van der Waals surface area contributed by atoms with Crippen molar-refractivity contribution in [3.63, 3.8) is 0 Å². The third-order valence-electron chi connectivity index (χ3n) is 3.28. The summed E-state index contributed by atoms with van der Waals surface area (Å²) in [4.78, 5) is 10.5. The Morgan fingerprint density at radius 1 is 0.962 bits per heavy atom. The van der Waals surface area contributed by atoms with E-state index in [1.165, 1.54) is 11.8 Å². The van der Waals surface area contributed by atoms with E-state index in [1.54, 1.807) is 0 Å². The zero-order valence-electron chi connectivity index (χ0n) is 14.7. The van der Waals surface area contributed by atoms with Gasteiger partial charge in [-0.2, -0.15) is 5.10 Å². The lowest BCUT2D eigenvalue weighted by atomic mass is 10.2. The largest absolute Gasteiger partial charge is 0.491 e. The van der Waals surface area contributed by atoms with Crippen LogP contribution in [-0.2, 0) is 4.74 Å². The number of hydrazone groups is 1. The Balaban J connectivity index is 1.56. The maximum absolute atomic E-state index is 10.5. The van der Waals surface area contributed by atoms with E-state index >= 15 is 0 Å². The van der Waals surface area contributed by atoms with Gasteiger partial charge in [0.05, 0.1) is 19.4 Å². The zero-order chi connectivity index (χ0) is 18.6. The van der Waals surface area contributed by atoms with Crippen LogP contribution in [0.5, 0.6) is 11.5 Å². The van der Waals surface area contributed by atoms with Crippen molar-refractivity contribution in [2.45, 2.75) is 6.92 Å². The number of hydrogen-bond acceptors (Lipinski definition) is 5. The van der Waals surface area contributed by atoms with Crippen LogP contribution in [0, 0.1) is 6.92 Å². The highest BCUT2D eigenvalue weighted by Crippen LogP contribution is 2.12. The molecule has 138 valence electrons. The van der Waals surface area contributed by atoms with E-state index in [2.05, 4.69) is 10.5 Å². The third-order valence-corrected chi connectivity index (χ3v) is 3.28. The average Bonchev–Trinajstić information content (AvgIpc) is 2.63. The molecule has 0 saturated carbocycles. The lowest BCUT2D eigenvalue weighted by molar-refractivity contribution is 0.0764. The van der Waals surface area contributed by atoms with E-state index in [0.29, 0.717) is 26.4 Å². The average molecular weight is 357 g/mol. The summed E-state index contributed by atoms with van der Waals surface area (Å²) in [7, 11) is 0. The van der Waals surface area contributed by atoms with E-state index in [9.17, 15) is 4.79 Å². The molecule has 2 rings (SSSR count). The second kappa shape index (κ2) is 10.7. The van der Waals surface area contributed by atoms with Crippen LogP contribution in [0.25, 0.3) is 0 Å². The van der Waals surface area contributed by atoms with Gasteiger partial charge in [-0.3, -0.25) is 0 Å². The number of hydrogen-bond donors (Lipinski definition) is 2. The van der Waals surface area contributed by atoms with Gasteiger partial charge < -0.3 is 19.9 Å². The minimum Gasteiger partial charge on any atom is -0.491 e. The molecular formula is C19H23N3O4. The van der Waals surface area contributed by atoms with E-state index in [0.717, 1.165) is 17.1 Å². The number of ether oxygens (including phenoxy) is 3. The van der Waals surface area contributed by atoms with Crippen LogP contribution in [0.15, 0.2) is 53.6 Å². The first kappa shape index (κ1) is 19.3. The summed E-state index contributed by atoms with van der Waals surface area (Å²) in [5.74, 6) is 1.56. The predicted molar refractivity (Wildman–Crippen MR) is 99.7 cm³/mol. The molecule has 0 unspecified atom stereocenters. The van der Waals surface area contributed by atoms with Crippen LogP contribution in [0.1, 0.15) is 11.1 Å². The maximum Gasteiger partial charge on any atom is 0.332 e. The molecule has 7 heteroatoms. The molecule has 26 heavy (non-hydrogen) atoms. The summed E-state index contributed by atoms with van der Waals surface area (Å²) in [6, 6.07) is 14.5. The van der Waals surface area contributed by atoms with E-state index < -0.39 is 6.03 Å². The molecule has 0 bridgehead atoms. The molecule has 0 aliphatic carbocycles. The fraction of sp³-hybridized carbons (Fsp3) is 0.263. The Labute approximate surface area is 152 Å². The van der Waals surface area contributed by atoms with Crippen molar-refractivity contribution in [2.24, 2.45) is 10.8 Å². The first-order valence-electron chi connectivity index (χ1n) is 8.22. The summed E-state index contributed by atoms with van der Waals surface area (Å²) >= 11 is 0. The Bertz CT molecular complexity index is 700. The maximum atomic E-state index is 10.5. The van der Waals surface area contributed by atoms with Crippen molar-refractivity contribution in [3.8, 4) is 11.5 Å². The minimum absolute atomic E-state index is 0.446. The van der Waals surface area contributed by atoms with Crippen molar-refractivity contribution >= 4 is 12.2 Å². The first-order valence-corrected chi connectivity index (χ1v) is 8.22. The Morgan fingerprint density at radius 3 is 2.04 bits per heavy atom. The number of primary amides is 1. The molecule has 0 radical (unpaired) electrons. The number of benzene rings is 2. The summed E-state index contributed by atoms with van der Waals surface area (Å²) in [5, 5.41) is 3.68. The lowest BCUT2D eigenvalue weighted by Crippen LogP contribution is -2.24. The van der Waals surface area contributed by atoms with Crippen molar-refractivity contribution in [2.75, 3.05) is 26.4 Å². The molecule has 7 nitrogen and oxygen atoms in total. The standard InChI is InChI=1S/C19H23N3O4/c1-15-2-6-17(7-3-15)25-12-10-24-11-13-26-18-8-4-16(5-9-18)14-21-22-19(20)23/h2-9,14H,10-13H2,1H3,(H3,20,22,23). The van der Waals surface area contributed by atoms with Crippen LogP contribution in [-0.4, -0.2) is 38.7 Å². The lowest BCUT2D eigenvalue weighted by Gasteiger charge is -2.09. The van der Waals surface area contributed by atoms with Crippen LogP contribution in [0.2, 0.25) is 0 Å². The normalized spacial score (nSPS) is 10.7. The smallest absolute Gasteiger partial charge is 0.332 e. The summed E-state index contributed by atoms with van der Waals surface area (Å²) in [6.07, 6.45) is 1.49. The molecule has 3 N–H and O–H groups in total. The van der Waals surface area contributed by atoms with Gasteiger partial charge >= 0.3 is 6.03 Å². The molecule has 2 aromatic rings. The van der Waals surface area contributed by atoms with Gasteiger partial charge in [0.2, 0.25) is 0 Å². The van der Waals surface area contributed by atoms with Crippen molar-refractivity contribution < 1.29 is 19.0 Å². The van der Waals surface area contributed by atoms with Crippen LogP contribution < -0.4 is 20.6 Å². The quantitative estimate of drug-likeness (QED) is 0.388. The van der Waals surface area contributed by atoms with Crippen molar-refractivity contribution in [1.82, 2.24) is 5.43 Å². The van der Waals surface area contributed by atoms with E-state index in [1.807, 2.05) is 55.5 Å². The van der Waals surface area contributed by atoms with Crippen LogP contribution in [0.3, 0.4) is 0 Å². The second-order valence-corrected chi connectivity index (χ2v) is 5.43. The van der Waals surface area contributed by atoms with Crippen molar-refractivity contribution in [1.29, 1.82) is 0 Å². The second-order valence-electron chi connectivity index (χ2n) is 5.43. The van der Waals surface area contributed by atoms with Gasteiger partial charge in [-0.1, -0.05) is 17.7 Å². The molecule has 0 fully saturated rings. The summed E-state index contributed by atoms with van der Waals surface area (Å²) < 4.78 is 16.6. The van der Waals surface area contributed by atoms with Gasteiger partial charge in [0.1, 0.15) is 24.7 Å². The zero-order valence-corrected chi connectivity index (χ0v) is 14.7. The molecule has 2 amide bonds. The van der Waals surface area contributed by atoms with Crippen molar-refractivity contribution in [3.05, 3.63) is 59.7 Å². The Kier molecular flexibility index (Phi) is 7.95. The van der Waals surface area contributed by atoms with Crippen LogP contribution in [0.4, 0.5) is 4.79 Å². The van der Waals surface area contributed by atoms with Gasteiger partial charge in [-0.05, 0) is 48.9 Å². The highest BCUT2D eigenvalue weighted by atomic mass is 16.5. The number of rotatable bonds is 10. The number of amides is 2. The van der Waals surface area contributed by atoms with Gasteiger partial charge in [0.15, 0.2) is 0 Å². The number of carbonyl (C=O) groups excluding carboxylic acids is 1. The molecule has 0 aromatic heterocycles. The number of nitrogens with one attached hydrogen (secondary N) is 1. The van der Waals surface area contributed by atoms with Gasteiger partial charge in [0.25, 0.3) is 0 Å². The van der Waals surface area contributed by atoms with E-state index in [4.69, 9.17) is 19.9 Å². The molecule has 2 aromatic carbocycles. The molecule has 0 heterocycles. The summed E-state index contributed by atoms with van der Waals surface area (Å²) in [6.45, 7) is 3.95. The highest BCUT2D eigenvalue weighted by molar-refractivity contribution is 5.81. The topological polar surface area (TPSA) is 95.2 Å². The number of nitrogens with two attached hydrogens (primary N) is 1. The monoisotopic (exact) mass is 357 g/mol. The van der Waals surface area contributed by atoms with Gasteiger partial charge in [-0.25, -0.2) is 10.2 Å². The minimum atomic E-state index is -0.703.